The molecule has 0 radical (unpaired) electrons. The molecule has 0 saturated carbocycles. The van der Waals surface area contributed by atoms with E-state index in [-0.39, 0.29) is 30.9 Å². The van der Waals surface area contributed by atoms with E-state index in [9.17, 15) is 9.59 Å². The molecule has 2 aromatic rings. The molecule has 0 fully saturated rings. The normalized spacial score (nSPS) is 11.9. The minimum atomic E-state index is -0.127. The van der Waals surface area contributed by atoms with E-state index in [2.05, 4.69) is 5.32 Å². The monoisotopic (exact) mass is 367 g/mol. The Morgan fingerprint density at radius 1 is 0.963 bits per heavy atom. The summed E-state index contributed by atoms with van der Waals surface area (Å²) in [5.41, 5.74) is 4.09. The molecule has 5 heteroatoms. The average Bonchev–Trinajstić information content (AvgIpc) is 2.64. The number of carbonyl (C=O) groups excluding carboxylic acids is 2. The molecule has 2 amide bonds. The van der Waals surface area contributed by atoms with Crippen LogP contribution in [-0.2, 0) is 9.59 Å². The number of aryl methyl sites for hydroxylation is 1. The van der Waals surface area contributed by atoms with Gasteiger partial charge in [-0.2, -0.15) is 0 Å². The predicted molar refractivity (Wildman–Crippen MR) is 110 cm³/mol. The van der Waals surface area contributed by atoms with Crippen molar-refractivity contribution in [2.24, 2.45) is 0 Å². The highest BCUT2D eigenvalue weighted by Gasteiger charge is 2.19. The first kappa shape index (κ1) is 20.6. The molecular weight excluding hydrogens is 338 g/mol. The van der Waals surface area contributed by atoms with Gasteiger partial charge in [0, 0.05) is 12.7 Å². The summed E-state index contributed by atoms with van der Waals surface area (Å²) < 4.78 is 0. The fourth-order valence-corrected chi connectivity index (χ4v) is 2.89. The smallest absolute Gasteiger partial charge is 0.238 e. The third-order valence-electron chi connectivity index (χ3n) is 4.95. The first-order valence-corrected chi connectivity index (χ1v) is 9.14. The van der Waals surface area contributed by atoms with Crippen LogP contribution in [0.3, 0.4) is 0 Å². The molecule has 0 aliphatic heterocycles. The van der Waals surface area contributed by atoms with E-state index >= 15 is 0 Å². The molecule has 0 heterocycles. The van der Waals surface area contributed by atoms with Crippen LogP contribution in [0.15, 0.2) is 48.5 Å². The third kappa shape index (κ3) is 5.66. The number of benzene rings is 2. The zero-order chi connectivity index (χ0) is 20.0. The van der Waals surface area contributed by atoms with Crippen molar-refractivity contribution in [3.05, 3.63) is 65.2 Å². The topological polar surface area (TPSA) is 52.7 Å². The first-order valence-electron chi connectivity index (χ1n) is 9.14. The molecule has 1 N–H and O–H groups in total. The number of rotatable bonds is 7. The van der Waals surface area contributed by atoms with E-state index in [0.29, 0.717) is 0 Å². The van der Waals surface area contributed by atoms with Crippen LogP contribution < -0.4 is 5.32 Å². The van der Waals surface area contributed by atoms with Crippen molar-refractivity contribution in [3.8, 4) is 0 Å². The van der Waals surface area contributed by atoms with Crippen molar-refractivity contribution in [1.82, 2.24) is 9.80 Å². The van der Waals surface area contributed by atoms with Crippen LogP contribution in [0.4, 0.5) is 5.69 Å². The lowest BCUT2D eigenvalue weighted by atomic mass is 10.1. The minimum absolute atomic E-state index is 0.0177. The van der Waals surface area contributed by atoms with Crippen molar-refractivity contribution in [2.75, 3.05) is 32.5 Å². The van der Waals surface area contributed by atoms with Gasteiger partial charge in [0.15, 0.2) is 0 Å². The van der Waals surface area contributed by atoms with E-state index < -0.39 is 0 Å². The van der Waals surface area contributed by atoms with Gasteiger partial charge in [-0.25, -0.2) is 0 Å². The summed E-state index contributed by atoms with van der Waals surface area (Å²) in [4.78, 5) is 28.3. The zero-order valence-electron chi connectivity index (χ0n) is 16.8. The van der Waals surface area contributed by atoms with Crippen molar-refractivity contribution in [2.45, 2.75) is 26.8 Å². The maximum absolute atomic E-state index is 12.6. The van der Waals surface area contributed by atoms with Gasteiger partial charge in [-0.3, -0.25) is 14.5 Å². The largest absolute Gasteiger partial charge is 0.338 e. The molecule has 1 atom stereocenters. The molecule has 0 saturated heterocycles. The van der Waals surface area contributed by atoms with Crippen LogP contribution >= 0.6 is 0 Å². The van der Waals surface area contributed by atoms with E-state index in [1.807, 2.05) is 69.3 Å². The predicted octanol–water partition coefficient (Wildman–Crippen LogP) is 3.39. The summed E-state index contributed by atoms with van der Waals surface area (Å²) in [6.07, 6.45) is 0. The molecule has 2 rings (SSSR count). The van der Waals surface area contributed by atoms with Gasteiger partial charge in [0.2, 0.25) is 11.8 Å². The summed E-state index contributed by atoms with van der Waals surface area (Å²) in [7, 11) is 3.58. The van der Waals surface area contributed by atoms with Gasteiger partial charge in [-0.1, -0.05) is 42.5 Å². The van der Waals surface area contributed by atoms with Gasteiger partial charge in [0.1, 0.15) is 0 Å². The standard InChI is InChI=1S/C22H29N3O2/c1-16-10-9-13-20(17(16)2)23-21(26)14-24(4)15-22(27)25(5)18(3)19-11-7-6-8-12-19/h6-13,18H,14-15H2,1-5H3,(H,23,26)/t18-/m0/s1. The van der Waals surface area contributed by atoms with Gasteiger partial charge in [0.05, 0.1) is 19.1 Å². The summed E-state index contributed by atoms with van der Waals surface area (Å²) in [5.74, 6) is -0.147. The molecule has 0 unspecified atom stereocenters. The van der Waals surface area contributed by atoms with Crippen molar-refractivity contribution in [1.29, 1.82) is 0 Å². The quantitative estimate of drug-likeness (QED) is 0.816. The third-order valence-corrected chi connectivity index (χ3v) is 4.95. The van der Waals surface area contributed by atoms with E-state index in [1.54, 1.807) is 23.9 Å². The van der Waals surface area contributed by atoms with Crippen LogP contribution in [0.2, 0.25) is 0 Å². The Kier molecular flexibility index (Phi) is 7.13. The van der Waals surface area contributed by atoms with Crippen LogP contribution in [-0.4, -0.2) is 48.8 Å². The lowest BCUT2D eigenvalue weighted by Gasteiger charge is -2.27. The Hall–Kier alpha value is -2.66. The molecule has 2 aromatic carbocycles. The second-order valence-electron chi connectivity index (χ2n) is 7.06. The van der Waals surface area contributed by atoms with Crippen LogP contribution in [0.5, 0.6) is 0 Å². The molecule has 0 spiro atoms. The number of nitrogens with zero attached hydrogens (tertiary/aromatic N) is 2. The highest BCUT2D eigenvalue weighted by Crippen LogP contribution is 2.19. The van der Waals surface area contributed by atoms with Crippen LogP contribution in [0.1, 0.15) is 29.7 Å². The highest BCUT2D eigenvalue weighted by atomic mass is 16.2. The first-order chi connectivity index (χ1) is 12.8. The molecule has 0 aromatic heterocycles. The molecule has 144 valence electrons. The van der Waals surface area contributed by atoms with Gasteiger partial charge < -0.3 is 10.2 Å². The van der Waals surface area contributed by atoms with Gasteiger partial charge in [-0.15, -0.1) is 0 Å². The Bertz CT molecular complexity index is 789. The minimum Gasteiger partial charge on any atom is -0.338 e. The summed E-state index contributed by atoms with van der Waals surface area (Å²) in [6.45, 7) is 6.35. The Labute approximate surface area is 162 Å². The van der Waals surface area contributed by atoms with Crippen molar-refractivity contribution >= 4 is 17.5 Å². The van der Waals surface area contributed by atoms with E-state index in [0.717, 1.165) is 22.4 Å². The molecule has 0 bridgehead atoms. The van der Waals surface area contributed by atoms with E-state index in [1.165, 1.54) is 0 Å². The second kappa shape index (κ2) is 9.33. The van der Waals surface area contributed by atoms with Crippen molar-refractivity contribution < 1.29 is 9.59 Å². The zero-order valence-corrected chi connectivity index (χ0v) is 16.8. The number of hydrogen-bond acceptors (Lipinski definition) is 3. The molecular formula is C22H29N3O2. The summed E-state index contributed by atoms with van der Waals surface area (Å²) in [5, 5.41) is 2.93. The maximum Gasteiger partial charge on any atom is 0.238 e. The average molecular weight is 367 g/mol. The Morgan fingerprint density at radius 2 is 1.63 bits per heavy atom. The second-order valence-corrected chi connectivity index (χ2v) is 7.06. The lowest BCUT2D eigenvalue weighted by Crippen LogP contribution is -2.40. The van der Waals surface area contributed by atoms with Gasteiger partial charge in [-0.05, 0) is 50.6 Å². The van der Waals surface area contributed by atoms with Crippen LogP contribution in [0, 0.1) is 13.8 Å². The molecule has 5 nitrogen and oxygen atoms in total. The Morgan fingerprint density at radius 3 is 2.30 bits per heavy atom. The number of hydrogen-bond donors (Lipinski definition) is 1. The maximum atomic E-state index is 12.6. The fourth-order valence-electron chi connectivity index (χ4n) is 2.89. The number of anilines is 1. The molecule has 27 heavy (non-hydrogen) atoms. The summed E-state index contributed by atoms with van der Waals surface area (Å²) in [6, 6.07) is 15.7. The SMILES string of the molecule is Cc1cccc(NC(=O)CN(C)CC(=O)N(C)[C@@H](C)c2ccccc2)c1C. The van der Waals surface area contributed by atoms with Gasteiger partial charge >= 0.3 is 0 Å². The molecule has 0 aliphatic carbocycles. The highest BCUT2D eigenvalue weighted by molar-refractivity contribution is 5.93. The number of nitrogens with one attached hydrogen (secondary N) is 1. The Balaban J connectivity index is 1.88. The number of amides is 2. The van der Waals surface area contributed by atoms with Crippen LogP contribution in [0.25, 0.3) is 0 Å². The lowest BCUT2D eigenvalue weighted by molar-refractivity contribution is -0.133. The molecule has 0 aliphatic rings. The van der Waals surface area contributed by atoms with Gasteiger partial charge in [0.25, 0.3) is 0 Å². The van der Waals surface area contributed by atoms with E-state index in [4.69, 9.17) is 0 Å². The van der Waals surface area contributed by atoms with Crippen molar-refractivity contribution in [3.63, 3.8) is 0 Å². The summed E-state index contributed by atoms with van der Waals surface area (Å²) >= 11 is 0. The fraction of sp³-hybridized carbons (Fsp3) is 0.364. The number of carbonyl (C=O) groups is 2. The number of likely N-dealkylation sites (N-methyl/N-ethyl adjacent to an activating group) is 2.